The van der Waals surface area contributed by atoms with Crippen LogP contribution in [0, 0.1) is 0 Å². The van der Waals surface area contributed by atoms with Crippen LogP contribution in [0.4, 0.5) is 0 Å². The molecule has 4 rings (SSSR count). The summed E-state index contributed by atoms with van der Waals surface area (Å²) >= 11 is 0. The van der Waals surface area contributed by atoms with E-state index in [0.717, 1.165) is 0 Å². The Hall–Kier alpha value is -2.93. The van der Waals surface area contributed by atoms with Gasteiger partial charge < -0.3 is 0 Å². The predicted octanol–water partition coefficient (Wildman–Crippen LogP) is 2.98. The Bertz CT molecular complexity index is 733. The molecule has 0 N–H and O–H groups in total. The molecule has 2 aromatic carbocycles. The third-order valence-electron chi connectivity index (χ3n) is 3.65. The number of rotatable bonds is 3. The Morgan fingerprint density at radius 3 is 1.71 bits per heavy atom. The molecule has 6 nitrogen and oxygen atoms in total. The molecule has 2 aliphatic rings. The van der Waals surface area contributed by atoms with E-state index in [1.54, 1.807) is 31.2 Å². The Morgan fingerprint density at radius 2 is 1.33 bits per heavy atom. The van der Waals surface area contributed by atoms with Gasteiger partial charge in [0.25, 0.3) is 0 Å². The van der Waals surface area contributed by atoms with Gasteiger partial charge in [-0.3, -0.25) is 0 Å². The van der Waals surface area contributed by atoms with E-state index in [4.69, 9.17) is 22.4 Å². The fraction of sp³-hybridized carbons (Fsp3) is 0.118. The minimum atomic E-state index is -4.50. The van der Waals surface area contributed by atoms with Crippen molar-refractivity contribution in [3.8, 4) is 23.0 Å². The van der Waals surface area contributed by atoms with Crippen LogP contribution >= 0.6 is 0 Å². The molecule has 0 aromatic heterocycles. The second-order valence-electron chi connectivity index (χ2n) is 5.36. The first-order chi connectivity index (χ1) is 11.6. The van der Waals surface area contributed by atoms with Crippen LogP contribution in [0.3, 0.4) is 0 Å². The summed E-state index contributed by atoms with van der Waals surface area (Å²) in [6.45, 7) is 2.00. The molecule has 2 aromatic rings. The van der Waals surface area contributed by atoms with Crippen LogP contribution in [0.15, 0.2) is 60.3 Å². The summed E-state index contributed by atoms with van der Waals surface area (Å²) in [4.78, 5) is 11.8. The van der Waals surface area contributed by atoms with Crippen molar-refractivity contribution in [2.24, 2.45) is 0 Å². The van der Waals surface area contributed by atoms with Gasteiger partial charge >= 0.3 is 138 Å². The molecule has 0 unspecified atom stereocenters. The average molecular weight is 343 g/mol. The fourth-order valence-electron chi connectivity index (χ4n) is 2.69. The monoisotopic (exact) mass is 343 g/mol. The zero-order chi connectivity index (χ0) is 16.6. The standard InChI is InChI=1S/C17H15O6Si/c1-2-19-17(18)11-12-24(20-13-7-3-4-8-14(13)21-24)22-15-9-5-6-10-16(15)23-24/h3-12H,2H2,1H3/q-1/b12-11+. The Kier molecular flexibility index (Phi) is 3.07. The zero-order valence-electron chi connectivity index (χ0n) is 12.9. The van der Waals surface area contributed by atoms with Crippen molar-refractivity contribution in [3.63, 3.8) is 0 Å². The molecule has 7 heteroatoms. The third-order valence-corrected chi connectivity index (χ3v) is 6.71. The van der Waals surface area contributed by atoms with E-state index in [0.29, 0.717) is 23.0 Å². The molecular formula is C17H15O6Si-. The van der Waals surface area contributed by atoms with Gasteiger partial charge in [0.05, 0.1) is 0 Å². The molecule has 0 bridgehead atoms. The topological polar surface area (TPSA) is 63.2 Å². The SMILES string of the molecule is CCOC(=O)/C=C/[Si-]12(Oc3ccccc3O1)Oc1ccccc1O2. The number of carbonyl (C=O) groups is 1. The number of ether oxygens (including phenoxy) is 1. The zero-order valence-corrected chi connectivity index (χ0v) is 13.9. The number of para-hydroxylation sites is 4. The maximum atomic E-state index is 11.8. The minimum absolute atomic E-state index is 0.269. The molecule has 0 aliphatic carbocycles. The molecule has 0 saturated heterocycles. The number of carbonyl (C=O) groups excluding carboxylic acids is 1. The predicted molar refractivity (Wildman–Crippen MR) is 86.9 cm³/mol. The maximum absolute atomic E-state index is 11.8. The Labute approximate surface area is 139 Å². The molecule has 0 amide bonds. The van der Waals surface area contributed by atoms with Crippen molar-refractivity contribution in [3.05, 3.63) is 60.3 Å². The third kappa shape index (κ3) is 2.21. The first-order valence-corrected chi connectivity index (χ1v) is 9.81. The summed E-state index contributed by atoms with van der Waals surface area (Å²) in [6, 6.07) is 14.3. The van der Waals surface area contributed by atoms with E-state index in [9.17, 15) is 4.79 Å². The van der Waals surface area contributed by atoms with Gasteiger partial charge in [0.15, 0.2) is 0 Å². The van der Waals surface area contributed by atoms with Crippen LogP contribution in [0.25, 0.3) is 0 Å². The van der Waals surface area contributed by atoms with Crippen LogP contribution < -0.4 is 17.7 Å². The number of benzene rings is 2. The fourth-order valence-corrected chi connectivity index (χ4v) is 5.88. The molecule has 0 saturated carbocycles. The number of hydrogen-bond acceptors (Lipinski definition) is 6. The molecule has 2 heterocycles. The molecule has 0 fully saturated rings. The first-order valence-electron chi connectivity index (χ1n) is 7.60. The number of esters is 1. The van der Waals surface area contributed by atoms with E-state index in [1.807, 2.05) is 24.3 Å². The van der Waals surface area contributed by atoms with E-state index in [2.05, 4.69) is 0 Å². The summed E-state index contributed by atoms with van der Waals surface area (Å²) in [5.41, 5.74) is 1.43. The van der Waals surface area contributed by atoms with Gasteiger partial charge in [-0.1, -0.05) is 0 Å². The van der Waals surface area contributed by atoms with E-state index in [1.165, 1.54) is 11.8 Å². The Morgan fingerprint density at radius 1 is 0.917 bits per heavy atom. The molecule has 0 atom stereocenters. The van der Waals surface area contributed by atoms with Gasteiger partial charge in [-0.15, -0.1) is 0 Å². The molecule has 1 spiro atoms. The van der Waals surface area contributed by atoms with Gasteiger partial charge in [-0.2, -0.15) is 0 Å². The molecule has 2 aliphatic heterocycles. The van der Waals surface area contributed by atoms with E-state index in [-0.39, 0.29) is 6.61 Å². The number of fused-ring (bicyclic) bond motifs is 2. The molecule has 0 radical (unpaired) electrons. The van der Waals surface area contributed by atoms with Crippen LogP contribution in [0.1, 0.15) is 6.92 Å². The quantitative estimate of drug-likeness (QED) is 0.485. The summed E-state index contributed by atoms with van der Waals surface area (Å²) < 4.78 is 29.1. The van der Waals surface area contributed by atoms with Gasteiger partial charge in [0.1, 0.15) is 0 Å². The van der Waals surface area contributed by atoms with Crippen molar-refractivity contribution >= 4 is 14.3 Å². The summed E-state index contributed by atoms with van der Waals surface area (Å²) in [6.07, 6.45) is 1.23. The van der Waals surface area contributed by atoms with Crippen LogP contribution in [-0.2, 0) is 9.53 Å². The van der Waals surface area contributed by atoms with Gasteiger partial charge in [-0.25, -0.2) is 0 Å². The van der Waals surface area contributed by atoms with E-state index < -0.39 is 14.3 Å². The first kappa shape index (κ1) is 14.6. The van der Waals surface area contributed by atoms with Crippen LogP contribution in [-0.4, -0.2) is 20.9 Å². The number of hydrogen-bond donors (Lipinski definition) is 0. The second kappa shape index (κ2) is 5.03. The molecule has 24 heavy (non-hydrogen) atoms. The van der Waals surface area contributed by atoms with Gasteiger partial charge in [0, 0.05) is 0 Å². The normalized spacial score (nSPS) is 19.8. The van der Waals surface area contributed by atoms with E-state index >= 15 is 0 Å². The van der Waals surface area contributed by atoms with Crippen molar-refractivity contribution < 1.29 is 27.2 Å². The van der Waals surface area contributed by atoms with Crippen molar-refractivity contribution in [1.82, 2.24) is 0 Å². The molecule has 124 valence electrons. The summed E-state index contributed by atoms with van der Waals surface area (Å²) in [5, 5.41) is 0. The van der Waals surface area contributed by atoms with Crippen LogP contribution in [0.2, 0.25) is 0 Å². The van der Waals surface area contributed by atoms with Crippen molar-refractivity contribution in [2.45, 2.75) is 6.92 Å². The second-order valence-corrected chi connectivity index (χ2v) is 8.45. The summed E-state index contributed by atoms with van der Waals surface area (Å²) in [5.74, 6) is 1.51. The van der Waals surface area contributed by atoms with Crippen molar-refractivity contribution in [1.29, 1.82) is 0 Å². The summed E-state index contributed by atoms with van der Waals surface area (Å²) in [7, 11) is -4.50. The van der Waals surface area contributed by atoms with Crippen molar-refractivity contribution in [2.75, 3.05) is 6.61 Å². The Balaban J connectivity index is 1.77. The van der Waals surface area contributed by atoms with Crippen LogP contribution in [0.5, 0.6) is 23.0 Å². The molecular weight excluding hydrogens is 328 g/mol. The average Bonchev–Trinajstić information content (AvgIpc) is 3.08. The van der Waals surface area contributed by atoms with Gasteiger partial charge in [-0.05, 0) is 0 Å². The van der Waals surface area contributed by atoms with Gasteiger partial charge in [0.2, 0.25) is 0 Å².